The van der Waals surface area contributed by atoms with Gasteiger partial charge in [-0.05, 0) is 50.2 Å². The van der Waals surface area contributed by atoms with Crippen molar-refractivity contribution in [2.24, 2.45) is 0 Å². The molecule has 0 aromatic carbocycles. The first kappa shape index (κ1) is 24.4. The van der Waals surface area contributed by atoms with Gasteiger partial charge in [-0.15, -0.1) is 0 Å². The van der Waals surface area contributed by atoms with E-state index in [-0.39, 0.29) is 23.9 Å². The van der Waals surface area contributed by atoms with Gasteiger partial charge in [0.1, 0.15) is 5.82 Å². The smallest absolute Gasteiger partial charge is 0.256 e. The molecule has 3 aromatic rings. The number of aromatic nitrogens is 3. The minimum atomic E-state index is -0.0160. The van der Waals surface area contributed by atoms with E-state index in [0.717, 1.165) is 24.5 Å². The molecule has 3 aromatic heterocycles. The van der Waals surface area contributed by atoms with Crippen LogP contribution in [0, 0.1) is 0 Å². The van der Waals surface area contributed by atoms with E-state index >= 15 is 0 Å². The molecule has 9 nitrogen and oxygen atoms in total. The highest BCUT2D eigenvalue weighted by molar-refractivity contribution is 5.95. The number of nitrogens with one attached hydrogen (secondary N) is 1. The second-order valence-corrected chi connectivity index (χ2v) is 9.39. The Hall–Kier alpha value is -4.27. The highest BCUT2D eigenvalue weighted by Gasteiger charge is 2.28. The second-order valence-electron chi connectivity index (χ2n) is 9.39. The van der Waals surface area contributed by atoms with Gasteiger partial charge in [0.15, 0.2) is 0 Å². The van der Waals surface area contributed by atoms with Crippen molar-refractivity contribution in [3.63, 3.8) is 0 Å². The highest BCUT2D eigenvalue weighted by Crippen LogP contribution is 2.20. The fourth-order valence-electron chi connectivity index (χ4n) is 4.76. The number of amides is 2. The number of carbonyl (C=O) groups excluding carboxylic acids is 2. The van der Waals surface area contributed by atoms with E-state index in [1.54, 1.807) is 30.9 Å². The van der Waals surface area contributed by atoms with Crippen LogP contribution >= 0.6 is 0 Å². The molecule has 2 unspecified atom stereocenters. The van der Waals surface area contributed by atoms with Crippen LogP contribution in [0.5, 0.6) is 0 Å². The molecule has 2 aliphatic rings. The van der Waals surface area contributed by atoms with Crippen LogP contribution in [0.15, 0.2) is 73.3 Å². The van der Waals surface area contributed by atoms with Crippen molar-refractivity contribution in [1.82, 2.24) is 24.8 Å². The summed E-state index contributed by atoms with van der Waals surface area (Å²) in [6.07, 6.45) is 10.9. The van der Waals surface area contributed by atoms with Crippen molar-refractivity contribution < 1.29 is 9.59 Å². The Balaban J connectivity index is 1.12. The molecule has 0 bridgehead atoms. The van der Waals surface area contributed by atoms with Gasteiger partial charge >= 0.3 is 0 Å². The first-order valence-corrected chi connectivity index (χ1v) is 12.6. The van der Waals surface area contributed by atoms with Crippen LogP contribution in [0.2, 0.25) is 0 Å². The van der Waals surface area contributed by atoms with Gasteiger partial charge in [-0.1, -0.05) is 12.2 Å². The Kier molecular flexibility index (Phi) is 7.11. The van der Waals surface area contributed by atoms with Crippen LogP contribution in [0.3, 0.4) is 0 Å². The van der Waals surface area contributed by atoms with Crippen LogP contribution in [-0.2, 0) is 6.54 Å². The number of rotatable bonds is 6. The standard InChI is InChI=1S/C28H31N7O2/c1-20-3-4-21(2)35(20)28(37)23-5-7-24(30-17-23)19-32-26-8-6-22(18-31-26)27(36)34-15-13-33(14-16-34)25-9-11-29-12-10-25/h3-12,17-18,20-21H,13-16,19H2,1-2H3,(H,31,32). The lowest BCUT2D eigenvalue weighted by atomic mass is 10.2. The first-order chi connectivity index (χ1) is 18.0. The van der Waals surface area contributed by atoms with E-state index in [0.29, 0.717) is 36.6 Å². The number of anilines is 2. The molecule has 2 atom stereocenters. The predicted molar refractivity (Wildman–Crippen MR) is 142 cm³/mol. The molecule has 1 fully saturated rings. The summed E-state index contributed by atoms with van der Waals surface area (Å²) in [5.41, 5.74) is 3.08. The van der Waals surface area contributed by atoms with Crippen molar-refractivity contribution in [1.29, 1.82) is 0 Å². The summed E-state index contributed by atoms with van der Waals surface area (Å²) in [6.45, 7) is 7.39. The van der Waals surface area contributed by atoms with Crippen molar-refractivity contribution in [3.8, 4) is 0 Å². The largest absolute Gasteiger partial charge is 0.368 e. The fourth-order valence-corrected chi connectivity index (χ4v) is 4.76. The minimum absolute atomic E-state index is 0.00723. The maximum atomic E-state index is 12.9. The topological polar surface area (TPSA) is 94.6 Å². The lowest BCUT2D eigenvalue weighted by Crippen LogP contribution is -2.48. The van der Waals surface area contributed by atoms with Crippen molar-refractivity contribution in [3.05, 3.63) is 90.2 Å². The maximum Gasteiger partial charge on any atom is 0.256 e. The number of pyridine rings is 3. The summed E-state index contributed by atoms with van der Waals surface area (Å²) in [5.74, 6) is 0.636. The molecule has 5 heterocycles. The van der Waals surface area contributed by atoms with E-state index in [2.05, 4.69) is 25.2 Å². The Labute approximate surface area is 216 Å². The normalized spacial score (nSPS) is 19.2. The first-order valence-electron chi connectivity index (χ1n) is 12.6. The SMILES string of the molecule is CC1C=CC(C)N1C(=O)c1ccc(CNc2ccc(C(=O)N3CCN(c4ccncc4)CC3)cn2)nc1. The van der Waals surface area contributed by atoms with Crippen LogP contribution in [0.1, 0.15) is 40.3 Å². The molecule has 37 heavy (non-hydrogen) atoms. The third kappa shape index (κ3) is 5.45. The third-order valence-corrected chi connectivity index (χ3v) is 6.91. The van der Waals surface area contributed by atoms with Crippen LogP contribution < -0.4 is 10.2 Å². The van der Waals surface area contributed by atoms with Crippen molar-refractivity contribution in [2.45, 2.75) is 32.5 Å². The highest BCUT2D eigenvalue weighted by atomic mass is 16.2. The fraction of sp³-hybridized carbons (Fsp3) is 0.321. The van der Waals surface area contributed by atoms with E-state index < -0.39 is 0 Å². The minimum Gasteiger partial charge on any atom is -0.368 e. The molecule has 1 N–H and O–H groups in total. The molecular weight excluding hydrogens is 466 g/mol. The summed E-state index contributed by atoms with van der Waals surface area (Å²) < 4.78 is 0. The zero-order valence-corrected chi connectivity index (χ0v) is 21.1. The van der Waals surface area contributed by atoms with E-state index in [1.807, 2.05) is 66.1 Å². The van der Waals surface area contributed by atoms with E-state index in [4.69, 9.17) is 0 Å². The Morgan fingerprint density at radius 2 is 1.49 bits per heavy atom. The number of piperazine rings is 1. The summed E-state index contributed by atoms with van der Waals surface area (Å²) in [7, 11) is 0. The number of hydrogen-bond acceptors (Lipinski definition) is 7. The van der Waals surface area contributed by atoms with Crippen LogP contribution in [0.4, 0.5) is 11.5 Å². The number of nitrogens with zero attached hydrogens (tertiary/aromatic N) is 6. The monoisotopic (exact) mass is 497 g/mol. The molecule has 5 rings (SSSR count). The van der Waals surface area contributed by atoms with E-state index in [1.165, 1.54) is 0 Å². The van der Waals surface area contributed by atoms with Crippen molar-refractivity contribution >= 4 is 23.3 Å². The van der Waals surface area contributed by atoms with Gasteiger partial charge in [-0.25, -0.2) is 4.98 Å². The molecule has 9 heteroatoms. The van der Waals surface area contributed by atoms with Gasteiger partial charge in [0.05, 0.1) is 23.4 Å². The van der Waals surface area contributed by atoms with Gasteiger partial charge in [0, 0.05) is 68.7 Å². The van der Waals surface area contributed by atoms with Gasteiger partial charge in [0.25, 0.3) is 11.8 Å². The van der Waals surface area contributed by atoms with Gasteiger partial charge in [-0.2, -0.15) is 0 Å². The quantitative estimate of drug-likeness (QED) is 0.523. The Bertz CT molecular complexity index is 1240. The summed E-state index contributed by atoms with van der Waals surface area (Å²) in [6, 6.07) is 11.4. The lowest BCUT2D eigenvalue weighted by molar-refractivity contribution is 0.0707. The molecule has 0 radical (unpaired) electrons. The molecule has 190 valence electrons. The van der Waals surface area contributed by atoms with Crippen LogP contribution in [-0.4, -0.2) is 74.8 Å². The summed E-state index contributed by atoms with van der Waals surface area (Å²) >= 11 is 0. The zero-order valence-electron chi connectivity index (χ0n) is 21.1. The van der Waals surface area contributed by atoms with Gasteiger partial charge in [0.2, 0.25) is 0 Å². The van der Waals surface area contributed by atoms with Crippen molar-refractivity contribution in [2.75, 3.05) is 36.4 Å². The van der Waals surface area contributed by atoms with Gasteiger partial charge in [-0.3, -0.25) is 19.6 Å². The number of hydrogen-bond donors (Lipinski definition) is 1. The number of carbonyl (C=O) groups is 2. The Morgan fingerprint density at radius 1 is 0.838 bits per heavy atom. The molecule has 0 spiro atoms. The lowest BCUT2D eigenvalue weighted by Gasteiger charge is -2.36. The van der Waals surface area contributed by atoms with Gasteiger partial charge < -0.3 is 20.0 Å². The molecule has 2 amide bonds. The zero-order chi connectivity index (χ0) is 25.8. The molecule has 0 aliphatic carbocycles. The van der Waals surface area contributed by atoms with Crippen LogP contribution in [0.25, 0.3) is 0 Å². The average molecular weight is 498 g/mol. The molecule has 2 aliphatic heterocycles. The molecule has 1 saturated heterocycles. The molecular formula is C28H31N7O2. The summed E-state index contributed by atoms with van der Waals surface area (Å²) in [4.78, 5) is 44.7. The average Bonchev–Trinajstić information content (AvgIpc) is 3.29. The second kappa shape index (κ2) is 10.8. The maximum absolute atomic E-state index is 12.9. The predicted octanol–water partition coefficient (Wildman–Crippen LogP) is 3.24. The summed E-state index contributed by atoms with van der Waals surface area (Å²) in [5, 5.41) is 3.23. The molecule has 0 saturated carbocycles. The van der Waals surface area contributed by atoms with E-state index in [9.17, 15) is 9.59 Å². The third-order valence-electron chi connectivity index (χ3n) is 6.91. The Morgan fingerprint density at radius 3 is 2.11 bits per heavy atom.